The van der Waals surface area contributed by atoms with Crippen LogP contribution in [-0.2, 0) is 14.3 Å². The number of rotatable bonds is 7. The van der Waals surface area contributed by atoms with Crippen LogP contribution in [0.4, 0.5) is 0 Å². The second kappa shape index (κ2) is 9.15. The lowest BCUT2D eigenvalue weighted by molar-refractivity contribution is -0.139. The molecule has 2 amide bonds. The molecule has 0 unspecified atom stereocenters. The molecule has 0 aromatic carbocycles. The topological polar surface area (TPSA) is 67.4 Å². The summed E-state index contributed by atoms with van der Waals surface area (Å²) in [5.41, 5.74) is 0. The number of carbonyl (C=O) groups is 2. The molecule has 0 aliphatic rings. The second-order valence-corrected chi connectivity index (χ2v) is 3.91. The molecule has 0 saturated carbocycles. The number of amides is 2. The van der Waals surface area contributed by atoms with Crippen molar-refractivity contribution >= 4 is 11.8 Å². The molecule has 0 spiro atoms. The summed E-state index contributed by atoms with van der Waals surface area (Å²) < 4.78 is 5.10. The fourth-order valence-electron chi connectivity index (χ4n) is 0.978. The van der Waals surface area contributed by atoms with Crippen molar-refractivity contribution in [2.75, 3.05) is 26.3 Å². The van der Waals surface area contributed by atoms with Crippen molar-refractivity contribution in [3.05, 3.63) is 0 Å². The van der Waals surface area contributed by atoms with Crippen LogP contribution in [0.2, 0.25) is 0 Å². The Labute approximate surface area is 96.9 Å². The summed E-state index contributed by atoms with van der Waals surface area (Å²) in [5.74, 6) is -0.794. The van der Waals surface area contributed by atoms with E-state index in [1.165, 1.54) is 0 Å². The molecule has 5 heteroatoms. The molecule has 0 aromatic heterocycles. The maximum absolute atomic E-state index is 11.2. The number of carbonyl (C=O) groups excluding carboxylic acids is 2. The van der Waals surface area contributed by atoms with E-state index in [0.29, 0.717) is 32.2 Å². The van der Waals surface area contributed by atoms with Crippen molar-refractivity contribution in [3.63, 3.8) is 0 Å². The summed E-state index contributed by atoms with van der Waals surface area (Å²) in [6, 6.07) is 0. The van der Waals surface area contributed by atoms with Crippen LogP contribution in [0.25, 0.3) is 0 Å². The fourth-order valence-corrected chi connectivity index (χ4v) is 0.978. The SMILES string of the molecule is CCOCCCNC(=O)C(=O)NCC(C)C. The second-order valence-electron chi connectivity index (χ2n) is 3.91. The highest BCUT2D eigenvalue weighted by molar-refractivity contribution is 6.35. The average Bonchev–Trinajstić information content (AvgIpc) is 2.25. The standard InChI is InChI=1S/C11H22N2O3/c1-4-16-7-5-6-12-10(14)11(15)13-8-9(2)3/h9H,4-8H2,1-3H3,(H,12,14)(H,13,15). The first-order chi connectivity index (χ1) is 7.57. The normalized spacial score (nSPS) is 10.2. The highest BCUT2D eigenvalue weighted by Gasteiger charge is 2.11. The molecule has 0 heterocycles. The van der Waals surface area contributed by atoms with E-state index in [0.717, 1.165) is 6.42 Å². The Morgan fingerprint density at radius 2 is 1.81 bits per heavy atom. The molecule has 94 valence electrons. The van der Waals surface area contributed by atoms with Gasteiger partial charge in [-0.1, -0.05) is 13.8 Å². The molecule has 0 radical (unpaired) electrons. The Morgan fingerprint density at radius 3 is 2.38 bits per heavy atom. The summed E-state index contributed by atoms with van der Waals surface area (Å²) in [5, 5.41) is 5.09. The van der Waals surface area contributed by atoms with E-state index in [9.17, 15) is 9.59 Å². The highest BCUT2D eigenvalue weighted by Crippen LogP contribution is 1.86. The van der Waals surface area contributed by atoms with Crippen molar-refractivity contribution in [3.8, 4) is 0 Å². The van der Waals surface area contributed by atoms with Crippen LogP contribution in [0.5, 0.6) is 0 Å². The summed E-state index contributed by atoms with van der Waals surface area (Å²) in [6.07, 6.45) is 0.719. The maximum atomic E-state index is 11.2. The average molecular weight is 230 g/mol. The largest absolute Gasteiger partial charge is 0.382 e. The van der Waals surface area contributed by atoms with E-state index in [1.807, 2.05) is 20.8 Å². The van der Waals surface area contributed by atoms with Gasteiger partial charge in [0.2, 0.25) is 0 Å². The van der Waals surface area contributed by atoms with Crippen LogP contribution in [0.1, 0.15) is 27.2 Å². The molecule has 0 bridgehead atoms. The van der Waals surface area contributed by atoms with E-state index in [-0.39, 0.29) is 0 Å². The lowest BCUT2D eigenvalue weighted by Crippen LogP contribution is -2.41. The van der Waals surface area contributed by atoms with Gasteiger partial charge in [0.15, 0.2) is 0 Å². The zero-order valence-electron chi connectivity index (χ0n) is 10.3. The highest BCUT2D eigenvalue weighted by atomic mass is 16.5. The molecular formula is C11H22N2O3. The molecule has 0 saturated heterocycles. The van der Waals surface area contributed by atoms with E-state index in [1.54, 1.807) is 0 Å². The lowest BCUT2D eigenvalue weighted by Gasteiger charge is -2.08. The Kier molecular flexibility index (Phi) is 8.52. The minimum absolute atomic E-state index is 0.342. The monoisotopic (exact) mass is 230 g/mol. The first kappa shape index (κ1) is 14.9. The first-order valence-electron chi connectivity index (χ1n) is 5.71. The molecule has 5 nitrogen and oxygen atoms in total. The molecule has 0 atom stereocenters. The third-order valence-corrected chi connectivity index (χ3v) is 1.83. The van der Waals surface area contributed by atoms with E-state index in [4.69, 9.17) is 4.74 Å². The van der Waals surface area contributed by atoms with Crippen LogP contribution in [0, 0.1) is 5.92 Å². The van der Waals surface area contributed by atoms with Crippen molar-refractivity contribution < 1.29 is 14.3 Å². The van der Waals surface area contributed by atoms with Gasteiger partial charge in [-0.05, 0) is 19.3 Å². The summed E-state index contributed by atoms with van der Waals surface area (Å²) in [4.78, 5) is 22.4. The molecule has 2 N–H and O–H groups in total. The molecule has 0 aromatic rings. The van der Waals surface area contributed by atoms with Gasteiger partial charge in [-0.15, -0.1) is 0 Å². The van der Waals surface area contributed by atoms with Gasteiger partial charge in [-0.3, -0.25) is 9.59 Å². The van der Waals surface area contributed by atoms with Gasteiger partial charge in [-0.2, -0.15) is 0 Å². The maximum Gasteiger partial charge on any atom is 0.309 e. The van der Waals surface area contributed by atoms with Gasteiger partial charge in [-0.25, -0.2) is 0 Å². The summed E-state index contributed by atoms with van der Waals surface area (Å²) >= 11 is 0. The lowest BCUT2D eigenvalue weighted by atomic mass is 10.2. The van der Waals surface area contributed by atoms with Crippen molar-refractivity contribution in [1.82, 2.24) is 10.6 Å². The smallest absolute Gasteiger partial charge is 0.309 e. The Hall–Kier alpha value is -1.10. The van der Waals surface area contributed by atoms with Gasteiger partial charge < -0.3 is 15.4 Å². The van der Waals surface area contributed by atoms with E-state index >= 15 is 0 Å². The first-order valence-corrected chi connectivity index (χ1v) is 5.71. The molecular weight excluding hydrogens is 208 g/mol. The van der Waals surface area contributed by atoms with E-state index in [2.05, 4.69) is 10.6 Å². The van der Waals surface area contributed by atoms with Crippen LogP contribution < -0.4 is 10.6 Å². The summed E-state index contributed by atoms with van der Waals surface area (Å²) in [6.45, 7) is 8.12. The van der Waals surface area contributed by atoms with Gasteiger partial charge in [0.25, 0.3) is 0 Å². The van der Waals surface area contributed by atoms with Gasteiger partial charge >= 0.3 is 11.8 Å². The summed E-state index contributed by atoms with van der Waals surface area (Å²) in [7, 11) is 0. The zero-order chi connectivity index (χ0) is 12.4. The number of ether oxygens (including phenoxy) is 1. The molecule has 16 heavy (non-hydrogen) atoms. The molecule has 0 rings (SSSR count). The predicted molar refractivity (Wildman–Crippen MR) is 62.0 cm³/mol. The Morgan fingerprint density at radius 1 is 1.19 bits per heavy atom. The predicted octanol–water partition coefficient (Wildman–Crippen LogP) is 0.301. The zero-order valence-corrected chi connectivity index (χ0v) is 10.3. The van der Waals surface area contributed by atoms with Crippen LogP contribution in [0.3, 0.4) is 0 Å². The Bertz CT molecular complexity index is 217. The van der Waals surface area contributed by atoms with Crippen molar-refractivity contribution in [2.24, 2.45) is 5.92 Å². The third-order valence-electron chi connectivity index (χ3n) is 1.83. The van der Waals surface area contributed by atoms with E-state index < -0.39 is 11.8 Å². The van der Waals surface area contributed by atoms with Gasteiger partial charge in [0, 0.05) is 26.3 Å². The number of hydrogen-bond donors (Lipinski definition) is 2. The quantitative estimate of drug-likeness (QED) is 0.488. The van der Waals surface area contributed by atoms with Gasteiger partial charge in [0.1, 0.15) is 0 Å². The van der Waals surface area contributed by atoms with Gasteiger partial charge in [0.05, 0.1) is 0 Å². The van der Waals surface area contributed by atoms with Crippen molar-refractivity contribution in [2.45, 2.75) is 27.2 Å². The fraction of sp³-hybridized carbons (Fsp3) is 0.818. The number of hydrogen-bond acceptors (Lipinski definition) is 3. The molecule has 0 aliphatic carbocycles. The number of nitrogens with one attached hydrogen (secondary N) is 2. The van der Waals surface area contributed by atoms with Crippen LogP contribution >= 0.6 is 0 Å². The van der Waals surface area contributed by atoms with Crippen LogP contribution in [0.15, 0.2) is 0 Å². The molecule has 0 aliphatic heterocycles. The Balaban J connectivity index is 3.52. The third kappa shape index (κ3) is 8.23. The molecule has 0 fully saturated rings. The van der Waals surface area contributed by atoms with Crippen molar-refractivity contribution in [1.29, 1.82) is 0 Å². The minimum atomic E-state index is -0.572. The van der Waals surface area contributed by atoms with Crippen LogP contribution in [-0.4, -0.2) is 38.1 Å². The minimum Gasteiger partial charge on any atom is -0.382 e.